The van der Waals surface area contributed by atoms with Crippen LogP contribution in [0, 0.1) is 0 Å². The van der Waals surface area contributed by atoms with E-state index in [9.17, 15) is 14.7 Å². The summed E-state index contributed by atoms with van der Waals surface area (Å²) in [5.74, 6) is -0.353. The molecule has 1 N–H and O–H groups in total. The van der Waals surface area contributed by atoms with E-state index >= 15 is 0 Å². The summed E-state index contributed by atoms with van der Waals surface area (Å²) in [7, 11) is 0. The van der Waals surface area contributed by atoms with Crippen LogP contribution in [0.1, 0.15) is 31.9 Å². The van der Waals surface area contributed by atoms with E-state index in [1.54, 1.807) is 12.1 Å². The van der Waals surface area contributed by atoms with Gasteiger partial charge in [-0.3, -0.25) is 9.36 Å². The van der Waals surface area contributed by atoms with Gasteiger partial charge in [0.2, 0.25) is 5.88 Å². The molecule has 1 aromatic heterocycles. The first-order chi connectivity index (χ1) is 15.3. The number of para-hydroxylation sites is 1. The molecule has 1 heterocycles. The lowest BCUT2D eigenvalue weighted by atomic mass is 9.87. The fourth-order valence-corrected chi connectivity index (χ4v) is 3.76. The van der Waals surface area contributed by atoms with Crippen molar-refractivity contribution in [2.45, 2.75) is 32.7 Å². The Hall–Kier alpha value is -3.86. The van der Waals surface area contributed by atoms with Crippen molar-refractivity contribution in [2.75, 3.05) is 0 Å². The Balaban J connectivity index is 1.82. The van der Waals surface area contributed by atoms with Gasteiger partial charge < -0.3 is 5.11 Å². The molecule has 0 aliphatic carbocycles. The van der Waals surface area contributed by atoms with Gasteiger partial charge in [0.05, 0.1) is 18.3 Å². The predicted molar refractivity (Wildman–Crippen MR) is 128 cm³/mol. The summed E-state index contributed by atoms with van der Waals surface area (Å²) in [5, 5.41) is 10.4. The van der Waals surface area contributed by atoms with E-state index < -0.39 is 11.2 Å². The molecule has 32 heavy (non-hydrogen) atoms. The van der Waals surface area contributed by atoms with E-state index in [0.29, 0.717) is 5.69 Å². The van der Waals surface area contributed by atoms with E-state index in [4.69, 9.17) is 0 Å². The number of hydrogen-bond donors (Lipinski definition) is 1. The molecule has 4 aromatic rings. The van der Waals surface area contributed by atoms with Gasteiger partial charge in [-0.2, -0.15) is 0 Å². The lowest BCUT2D eigenvalue weighted by Gasteiger charge is -2.19. The Morgan fingerprint density at radius 2 is 1.44 bits per heavy atom. The molecule has 0 amide bonds. The smallest absolute Gasteiger partial charge is 0.338 e. The van der Waals surface area contributed by atoms with Crippen LogP contribution in [0.25, 0.3) is 16.8 Å². The van der Waals surface area contributed by atoms with Gasteiger partial charge in [0.1, 0.15) is 0 Å². The second kappa shape index (κ2) is 8.35. The molecule has 0 fully saturated rings. The van der Waals surface area contributed by atoms with Crippen LogP contribution in [0.3, 0.4) is 0 Å². The minimum absolute atomic E-state index is 0.0197. The lowest BCUT2D eigenvalue weighted by Crippen LogP contribution is -2.38. The SMILES string of the molecule is CC(C)(C)c1ccc(Cn2c(O)cc(=O)n(-c3ccccc3-c3ccccc3)c2=O)cc1. The molecule has 0 aliphatic heterocycles. The average molecular weight is 427 g/mol. The highest BCUT2D eigenvalue weighted by Gasteiger charge is 2.17. The van der Waals surface area contributed by atoms with Crippen molar-refractivity contribution in [3.8, 4) is 22.7 Å². The Morgan fingerprint density at radius 3 is 2.09 bits per heavy atom. The summed E-state index contributed by atoms with van der Waals surface area (Å²) >= 11 is 0. The zero-order valence-corrected chi connectivity index (χ0v) is 18.4. The largest absolute Gasteiger partial charge is 0.494 e. The van der Waals surface area contributed by atoms with Gasteiger partial charge in [0.25, 0.3) is 5.56 Å². The molecule has 0 bridgehead atoms. The molecule has 0 saturated carbocycles. The van der Waals surface area contributed by atoms with E-state index in [0.717, 1.165) is 27.3 Å². The molecule has 5 nitrogen and oxygen atoms in total. The van der Waals surface area contributed by atoms with E-state index in [2.05, 4.69) is 20.8 Å². The highest BCUT2D eigenvalue weighted by atomic mass is 16.3. The summed E-state index contributed by atoms with van der Waals surface area (Å²) in [4.78, 5) is 26.2. The topological polar surface area (TPSA) is 64.2 Å². The van der Waals surface area contributed by atoms with Crippen molar-refractivity contribution in [3.05, 3.63) is 117 Å². The number of nitrogens with zero attached hydrogens (tertiary/aromatic N) is 2. The summed E-state index contributed by atoms with van der Waals surface area (Å²) in [6.07, 6.45) is 0. The molecule has 0 spiro atoms. The van der Waals surface area contributed by atoms with Crippen molar-refractivity contribution >= 4 is 0 Å². The van der Waals surface area contributed by atoms with Crippen molar-refractivity contribution in [2.24, 2.45) is 0 Å². The molecule has 0 unspecified atom stereocenters. The van der Waals surface area contributed by atoms with Gasteiger partial charge in [0, 0.05) is 5.56 Å². The molecule has 162 valence electrons. The van der Waals surface area contributed by atoms with Gasteiger partial charge in [-0.1, -0.05) is 93.6 Å². The first kappa shape index (κ1) is 21.4. The maximum absolute atomic E-state index is 13.4. The van der Waals surface area contributed by atoms with Crippen LogP contribution >= 0.6 is 0 Å². The number of hydrogen-bond acceptors (Lipinski definition) is 3. The Labute approximate surface area is 186 Å². The predicted octanol–water partition coefficient (Wildman–Crippen LogP) is 4.72. The molecule has 0 radical (unpaired) electrons. The Kier molecular flexibility index (Phi) is 5.57. The second-order valence-electron chi connectivity index (χ2n) is 8.88. The number of rotatable bonds is 4. The summed E-state index contributed by atoms with van der Waals surface area (Å²) in [5.41, 5.74) is 3.03. The Bertz CT molecular complexity index is 1360. The minimum atomic E-state index is -0.585. The summed E-state index contributed by atoms with van der Waals surface area (Å²) in [6.45, 7) is 6.57. The van der Waals surface area contributed by atoms with Gasteiger partial charge in [-0.05, 0) is 28.2 Å². The molecule has 3 aromatic carbocycles. The number of aromatic nitrogens is 2. The van der Waals surface area contributed by atoms with Gasteiger partial charge in [-0.25, -0.2) is 9.36 Å². The van der Waals surface area contributed by atoms with Crippen molar-refractivity contribution in [1.29, 1.82) is 0 Å². The monoisotopic (exact) mass is 426 g/mol. The highest BCUT2D eigenvalue weighted by molar-refractivity contribution is 5.72. The normalized spacial score (nSPS) is 11.5. The van der Waals surface area contributed by atoms with Gasteiger partial charge in [-0.15, -0.1) is 0 Å². The molecular formula is C27H26N2O3. The lowest BCUT2D eigenvalue weighted by molar-refractivity contribution is 0.405. The molecule has 0 aliphatic rings. The third kappa shape index (κ3) is 4.14. The zero-order valence-electron chi connectivity index (χ0n) is 18.4. The number of aromatic hydroxyl groups is 1. The van der Waals surface area contributed by atoms with E-state index in [1.165, 1.54) is 10.1 Å². The van der Waals surface area contributed by atoms with Gasteiger partial charge >= 0.3 is 5.69 Å². The van der Waals surface area contributed by atoms with Crippen LogP contribution in [0.2, 0.25) is 0 Å². The van der Waals surface area contributed by atoms with Crippen LogP contribution in [0.15, 0.2) is 94.5 Å². The maximum atomic E-state index is 13.4. The van der Waals surface area contributed by atoms with Gasteiger partial charge in [0.15, 0.2) is 0 Å². The summed E-state index contributed by atoms with van der Waals surface area (Å²) < 4.78 is 2.33. The third-order valence-corrected chi connectivity index (χ3v) is 5.56. The van der Waals surface area contributed by atoms with Crippen molar-refractivity contribution in [3.63, 3.8) is 0 Å². The molecule has 0 atom stereocenters. The second-order valence-corrected chi connectivity index (χ2v) is 8.88. The van der Waals surface area contributed by atoms with Crippen molar-refractivity contribution in [1.82, 2.24) is 9.13 Å². The summed E-state index contributed by atoms with van der Waals surface area (Å²) in [6, 6.07) is 25.9. The fraction of sp³-hybridized carbons (Fsp3) is 0.185. The maximum Gasteiger partial charge on any atom is 0.338 e. The molecule has 0 saturated heterocycles. The first-order valence-corrected chi connectivity index (χ1v) is 10.6. The third-order valence-electron chi connectivity index (χ3n) is 5.56. The van der Waals surface area contributed by atoms with Crippen LogP contribution in [0.5, 0.6) is 5.88 Å². The standard InChI is InChI=1S/C27H26N2O3/c1-27(2,3)21-15-13-19(14-16-21)18-28-24(30)17-25(31)29(26(28)32)23-12-8-7-11-22(23)20-9-5-4-6-10-20/h4-17,30H,18H2,1-3H3. The highest BCUT2D eigenvalue weighted by Crippen LogP contribution is 2.25. The molecule has 4 rings (SSSR count). The van der Waals surface area contributed by atoms with Crippen LogP contribution in [-0.2, 0) is 12.0 Å². The number of benzene rings is 3. The molecule has 5 heteroatoms. The van der Waals surface area contributed by atoms with E-state index in [-0.39, 0.29) is 17.8 Å². The average Bonchev–Trinajstić information content (AvgIpc) is 2.77. The van der Waals surface area contributed by atoms with Crippen LogP contribution < -0.4 is 11.2 Å². The van der Waals surface area contributed by atoms with Crippen LogP contribution in [-0.4, -0.2) is 14.2 Å². The quantitative estimate of drug-likeness (QED) is 0.514. The molecular weight excluding hydrogens is 400 g/mol. The Morgan fingerprint density at radius 1 is 0.812 bits per heavy atom. The fourth-order valence-electron chi connectivity index (χ4n) is 3.76. The zero-order chi connectivity index (χ0) is 22.9. The minimum Gasteiger partial charge on any atom is -0.494 e. The van der Waals surface area contributed by atoms with E-state index in [1.807, 2.05) is 66.7 Å². The van der Waals surface area contributed by atoms with Crippen molar-refractivity contribution < 1.29 is 5.11 Å². The van der Waals surface area contributed by atoms with Crippen LogP contribution in [0.4, 0.5) is 0 Å². The first-order valence-electron chi connectivity index (χ1n) is 10.6.